The molecular formula is C10H14N2O4. The second-order valence-corrected chi connectivity index (χ2v) is 3.32. The Balaban J connectivity index is 2.99. The molecule has 1 aromatic rings. The van der Waals surface area contributed by atoms with E-state index >= 15 is 0 Å². The van der Waals surface area contributed by atoms with Crippen molar-refractivity contribution in [2.75, 3.05) is 7.11 Å². The quantitative estimate of drug-likeness (QED) is 0.742. The number of ether oxygens (including phenoxy) is 1. The molecule has 0 saturated carbocycles. The van der Waals surface area contributed by atoms with Crippen molar-refractivity contribution >= 4 is 5.97 Å². The van der Waals surface area contributed by atoms with Crippen LogP contribution in [0.1, 0.15) is 31.2 Å². The van der Waals surface area contributed by atoms with Crippen molar-refractivity contribution < 1.29 is 19.7 Å². The highest BCUT2D eigenvalue weighted by molar-refractivity contribution is 5.70. The molecule has 6 nitrogen and oxygen atoms in total. The monoisotopic (exact) mass is 226 g/mol. The minimum Gasteiger partial charge on any atom is -0.493 e. The molecule has 1 unspecified atom stereocenters. The van der Waals surface area contributed by atoms with Gasteiger partial charge in [-0.1, -0.05) is 6.92 Å². The topological polar surface area (TPSA) is 92.5 Å². The van der Waals surface area contributed by atoms with Crippen LogP contribution in [0.15, 0.2) is 6.33 Å². The Hall–Kier alpha value is -1.85. The number of carbonyl (C=O) groups excluding carboxylic acids is 1. The molecule has 0 aliphatic heterocycles. The van der Waals surface area contributed by atoms with Gasteiger partial charge in [0.05, 0.1) is 19.1 Å². The van der Waals surface area contributed by atoms with Crippen LogP contribution in [0.5, 0.6) is 11.8 Å². The summed E-state index contributed by atoms with van der Waals surface area (Å²) < 4.78 is 4.54. The fraction of sp³-hybridized carbons (Fsp3) is 0.500. The maximum absolute atomic E-state index is 11.2. The molecule has 0 aliphatic carbocycles. The Morgan fingerprint density at radius 3 is 2.44 bits per heavy atom. The standard InChI is InChI=1S/C10H14N2O4/c1-3-6(4-7(13)16-2)8-9(14)11-5-12-10(8)15/h5-6H,3-4H2,1-2H3,(H2,11,12,14,15). The summed E-state index contributed by atoms with van der Waals surface area (Å²) in [5.41, 5.74) is 0.190. The van der Waals surface area contributed by atoms with E-state index in [-0.39, 0.29) is 29.7 Å². The molecule has 6 heteroatoms. The Labute approximate surface area is 92.9 Å². The molecule has 16 heavy (non-hydrogen) atoms. The molecule has 0 fully saturated rings. The number of hydrogen-bond acceptors (Lipinski definition) is 6. The van der Waals surface area contributed by atoms with E-state index in [9.17, 15) is 15.0 Å². The third kappa shape index (κ3) is 2.59. The van der Waals surface area contributed by atoms with Gasteiger partial charge in [-0.2, -0.15) is 0 Å². The summed E-state index contributed by atoms with van der Waals surface area (Å²) in [6, 6.07) is 0. The van der Waals surface area contributed by atoms with Gasteiger partial charge >= 0.3 is 5.97 Å². The van der Waals surface area contributed by atoms with Crippen LogP contribution < -0.4 is 0 Å². The van der Waals surface area contributed by atoms with Crippen LogP contribution in [0.2, 0.25) is 0 Å². The Bertz CT molecular complexity index is 361. The summed E-state index contributed by atoms with van der Waals surface area (Å²) in [6.07, 6.45) is 1.68. The summed E-state index contributed by atoms with van der Waals surface area (Å²) in [7, 11) is 1.29. The fourth-order valence-corrected chi connectivity index (χ4v) is 1.48. The lowest BCUT2D eigenvalue weighted by Crippen LogP contribution is -2.09. The highest BCUT2D eigenvalue weighted by Gasteiger charge is 2.22. The predicted octanol–water partition coefficient (Wildman–Crippen LogP) is 0.944. The van der Waals surface area contributed by atoms with Gasteiger partial charge in [-0.3, -0.25) is 4.79 Å². The minimum atomic E-state index is -0.408. The van der Waals surface area contributed by atoms with E-state index in [1.807, 2.05) is 6.92 Å². The van der Waals surface area contributed by atoms with Crippen LogP contribution in [-0.4, -0.2) is 33.3 Å². The molecule has 0 aliphatic rings. The molecule has 1 heterocycles. The third-order valence-electron chi connectivity index (χ3n) is 2.38. The molecule has 88 valence electrons. The van der Waals surface area contributed by atoms with Crippen molar-refractivity contribution in [1.29, 1.82) is 0 Å². The van der Waals surface area contributed by atoms with E-state index in [4.69, 9.17) is 0 Å². The first-order chi connectivity index (χ1) is 7.60. The Kier molecular flexibility index (Phi) is 4.04. The summed E-state index contributed by atoms with van der Waals surface area (Å²) in [5, 5.41) is 19.0. The molecule has 0 saturated heterocycles. The minimum absolute atomic E-state index is 0.0709. The zero-order valence-electron chi connectivity index (χ0n) is 9.17. The van der Waals surface area contributed by atoms with E-state index < -0.39 is 5.97 Å². The third-order valence-corrected chi connectivity index (χ3v) is 2.38. The van der Waals surface area contributed by atoms with Crippen molar-refractivity contribution in [1.82, 2.24) is 9.97 Å². The average molecular weight is 226 g/mol. The first kappa shape index (κ1) is 12.2. The SMILES string of the molecule is CCC(CC(=O)OC)c1c(O)ncnc1O. The van der Waals surface area contributed by atoms with Crippen LogP contribution in [0.4, 0.5) is 0 Å². The van der Waals surface area contributed by atoms with Crippen LogP contribution in [0.25, 0.3) is 0 Å². The van der Waals surface area contributed by atoms with E-state index in [2.05, 4.69) is 14.7 Å². The van der Waals surface area contributed by atoms with Crippen LogP contribution in [0, 0.1) is 0 Å². The first-order valence-electron chi connectivity index (χ1n) is 4.89. The van der Waals surface area contributed by atoms with Gasteiger partial charge in [-0.05, 0) is 6.42 Å². The number of esters is 1. The number of carbonyl (C=O) groups is 1. The zero-order valence-corrected chi connectivity index (χ0v) is 9.17. The van der Waals surface area contributed by atoms with Crippen LogP contribution >= 0.6 is 0 Å². The van der Waals surface area contributed by atoms with Crippen molar-refractivity contribution in [3.63, 3.8) is 0 Å². The molecule has 1 aromatic heterocycles. The van der Waals surface area contributed by atoms with E-state index in [1.54, 1.807) is 0 Å². The van der Waals surface area contributed by atoms with Crippen LogP contribution in [0.3, 0.4) is 0 Å². The first-order valence-corrected chi connectivity index (χ1v) is 4.89. The summed E-state index contributed by atoms with van der Waals surface area (Å²) in [4.78, 5) is 18.3. The lowest BCUT2D eigenvalue weighted by atomic mass is 9.94. The van der Waals surface area contributed by atoms with Gasteiger partial charge in [0.1, 0.15) is 6.33 Å². The number of hydrogen-bond donors (Lipinski definition) is 2. The molecule has 0 aromatic carbocycles. The Morgan fingerprint density at radius 2 is 2.00 bits per heavy atom. The highest BCUT2D eigenvalue weighted by atomic mass is 16.5. The van der Waals surface area contributed by atoms with Gasteiger partial charge in [-0.15, -0.1) is 0 Å². The zero-order chi connectivity index (χ0) is 12.1. The van der Waals surface area contributed by atoms with Gasteiger partial charge in [-0.25, -0.2) is 9.97 Å². The summed E-state index contributed by atoms with van der Waals surface area (Å²) >= 11 is 0. The highest BCUT2D eigenvalue weighted by Crippen LogP contribution is 2.34. The maximum atomic E-state index is 11.2. The number of methoxy groups -OCH3 is 1. The second-order valence-electron chi connectivity index (χ2n) is 3.32. The molecule has 0 amide bonds. The lowest BCUT2D eigenvalue weighted by Gasteiger charge is -2.14. The smallest absolute Gasteiger partial charge is 0.306 e. The molecule has 0 bridgehead atoms. The van der Waals surface area contributed by atoms with Gasteiger partial charge in [0.15, 0.2) is 0 Å². The number of aromatic hydroxyl groups is 2. The van der Waals surface area contributed by atoms with E-state index in [0.717, 1.165) is 6.33 Å². The van der Waals surface area contributed by atoms with E-state index in [0.29, 0.717) is 6.42 Å². The van der Waals surface area contributed by atoms with Gasteiger partial charge < -0.3 is 14.9 Å². The molecular weight excluding hydrogens is 212 g/mol. The van der Waals surface area contributed by atoms with Crippen molar-refractivity contribution in [2.45, 2.75) is 25.7 Å². The van der Waals surface area contributed by atoms with E-state index in [1.165, 1.54) is 7.11 Å². The predicted molar refractivity (Wildman–Crippen MR) is 55.0 cm³/mol. The van der Waals surface area contributed by atoms with Crippen molar-refractivity contribution in [3.05, 3.63) is 11.9 Å². The largest absolute Gasteiger partial charge is 0.493 e. The molecule has 1 rings (SSSR count). The molecule has 0 spiro atoms. The molecule has 1 atom stereocenters. The van der Waals surface area contributed by atoms with Crippen LogP contribution in [-0.2, 0) is 9.53 Å². The van der Waals surface area contributed by atoms with Crippen molar-refractivity contribution in [2.24, 2.45) is 0 Å². The number of aromatic nitrogens is 2. The molecule has 0 radical (unpaired) electrons. The summed E-state index contributed by atoms with van der Waals surface area (Å²) in [5.74, 6) is -1.37. The lowest BCUT2D eigenvalue weighted by molar-refractivity contribution is -0.141. The normalized spacial score (nSPS) is 12.1. The number of nitrogens with zero attached hydrogens (tertiary/aromatic N) is 2. The van der Waals surface area contributed by atoms with Crippen molar-refractivity contribution in [3.8, 4) is 11.8 Å². The summed E-state index contributed by atoms with van der Waals surface area (Å²) in [6.45, 7) is 1.83. The number of rotatable bonds is 4. The van der Waals surface area contributed by atoms with Gasteiger partial charge in [0, 0.05) is 5.92 Å². The maximum Gasteiger partial charge on any atom is 0.306 e. The molecule has 2 N–H and O–H groups in total. The fourth-order valence-electron chi connectivity index (χ4n) is 1.48. The second kappa shape index (κ2) is 5.29. The van der Waals surface area contributed by atoms with Gasteiger partial charge in [0.2, 0.25) is 11.8 Å². The van der Waals surface area contributed by atoms with Gasteiger partial charge in [0.25, 0.3) is 0 Å². The average Bonchev–Trinajstić information content (AvgIpc) is 2.27. The Morgan fingerprint density at radius 1 is 1.44 bits per heavy atom.